The number of piperazine rings is 1. The highest BCUT2D eigenvalue weighted by molar-refractivity contribution is 6.08. The number of anilines is 2. The summed E-state index contributed by atoms with van der Waals surface area (Å²) in [6.45, 7) is 15.2. The minimum atomic E-state index is -0.582. The Morgan fingerprint density at radius 1 is 0.682 bits per heavy atom. The molecule has 1 fully saturated rings. The van der Waals surface area contributed by atoms with E-state index >= 15 is 0 Å². The topological polar surface area (TPSA) is 206 Å². The Morgan fingerprint density at radius 2 is 1.24 bits per heavy atom. The first-order chi connectivity index (χ1) is 32.1. The first kappa shape index (κ1) is 53.4. The molecular formula is C47H69N7O12. The molecule has 2 heterocycles. The number of carbonyl (C=O) groups excluding carboxylic acids is 4. The van der Waals surface area contributed by atoms with E-state index in [1.165, 1.54) is 6.20 Å². The molecule has 0 unspecified atom stereocenters. The predicted molar refractivity (Wildman–Crippen MR) is 249 cm³/mol. The Labute approximate surface area is 388 Å². The zero-order chi connectivity index (χ0) is 47.4. The second kappa shape index (κ2) is 30.9. The van der Waals surface area contributed by atoms with E-state index in [4.69, 9.17) is 43.6 Å². The minimum absolute atomic E-state index is 0.139. The lowest BCUT2D eigenvalue weighted by Gasteiger charge is -2.34. The van der Waals surface area contributed by atoms with Gasteiger partial charge in [0.2, 0.25) is 5.91 Å². The number of hydrogen-bond donors (Lipinski definition) is 2. The van der Waals surface area contributed by atoms with E-state index in [1.54, 1.807) is 60.4 Å². The molecule has 0 saturated carbocycles. The summed E-state index contributed by atoms with van der Waals surface area (Å²) in [7, 11) is 3.36. The zero-order valence-corrected chi connectivity index (χ0v) is 39.0. The largest absolute Gasteiger partial charge is 0.447 e. The Kier molecular flexibility index (Phi) is 25.0. The smallest absolute Gasteiger partial charge is 0.409 e. The summed E-state index contributed by atoms with van der Waals surface area (Å²) in [5.41, 5.74) is 9.06. The van der Waals surface area contributed by atoms with E-state index in [9.17, 15) is 19.2 Å². The van der Waals surface area contributed by atoms with Gasteiger partial charge in [0.15, 0.2) is 0 Å². The molecule has 0 atom stereocenters. The van der Waals surface area contributed by atoms with Crippen LogP contribution in [0.15, 0.2) is 60.8 Å². The minimum Gasteiger partial charge on any atom is -0.447 e. The van der Waals surface area contributed by atoms with E-state index in [2.05, 4.69) is 33.9 Å². The van der Waals surface area contributed by atoms with Crippen LogP contribution in [0.1, 0.15) is 44.9 Å². The molecule has 66 heavy (non-hydrogen) atoms. The number of primary amides is 1. The summed E-state index contributed by atoms with van der Waals surface area (Å²) >= 11 is 0. The number of ether oxygens (including phenoxy) is 8. The number of nitrogens with zero attached hydrogens (tertiary/aromatic N) is 5. The second-order valence-electron chi connectivity index (χ2n) is 15.1. The molecule has 0 radical (unpaired) electrons. The van der Waals surface area contributed by atoms with Crippen molar-refractivity contribution in [3.63, 3.8) is 0 Å². The molecule has 4 rings (SSSR count). The summed E-state index contributed by atoms with van der Waals surface area (Å²) in [5, 5.41) is 2.99. The van der Waals surface area contributed by atoms with Gasteiger partial charge in [-0.15, -0.1) is 0 Å². The number of benzene rings is 2. The number of amides is 4. The van der Waals surface area contributed by atoms with E-state index in [-0.39, 0.29) is 25.2 Å². The molecule has 19 heteroatoms. The zero-order valence-electron chi connectivity index (χ0n) is 39.0. The molecule has 1 aliphatic rings. The summed E-state index contributed by atoms with van der Waals surface area (Å²) < 4.78 is 43.0. The number of likely N-dealkylation sites (N-methyl/N-ethyl adjacent to an activating group) is 1. The number of pyridine rings is 1. The van der Waals surface area contributed by atoms with Crippen molar-refractivity contribution in [2.24, 2.45) is 5.73 Å². The summed E-state index contributed by atoms with van der Waals surface area (Å²) in [6.07, 6.45) is 1.13. The van der Waals surface area contributed by atoms with Crippen LogP contribution in [-0.4, -0.2) is 203 Å². The van der Waals surface area contributed by atoms with Crippen molar-refractivity contribution >= 4 is 35.2 Å². The Hall–Kier alpha value is -5.25. The van der Waals surface area contributed by atoms with Crippen LogP contribution in [-0.2, 0) is 37.9 Å². The first-order valence-electron chi connectivity index (χ1n) is 22.6. The Balaban J connectivity index is 1.08. The maximum absolute atomic E-state index is 13.7. The summed E-state index contributed by atoms with van der Waals surface area (Å²) in [4.78, 5) is 63.9. The lowest BCUT2D eigenvalue weighted by atomic mass is 10.0. The van der Waals surface area contributed by atoms with Crippen molar-refractivity contribution in [2.45, 2.75) is 13.8 Å². The fourth-order valence-electron chi connectivity index (χ4n) is 6.75. The van der Waals surface area contributed by atoms with E-state index in [1.807, 2.05) is 18.2 Å². The number of nitrogens with two attached hydrogens (primary N) is 1. The summed E-state index contributed by atoms with van der Waals surface area (Å²) in [6, 6.07) is 15.4. The van der Waals surface area contributed by atoms with Crippen LogP contribution in [0, 0.1) is 0 Å². The van der Waals surface area contributed by atoms with Crippen LogP contribution in [0.5, 0.6) is 0 Å². The standard InChI is InChI=1S/C47H69N7O12/c1-5-53(6-2)40-10-11-42(41(36-40)43-35-37(44(48)55)12-13-49-43)50-45(56)38-8-7-9-39(34-38)46(57)51(3)14-15-52-16-18-54(19-17-52)47(58)66-33-32-65-31-30-64-29-28-63-27-26-62-25-24-61-23-22-60-21-20-59-4/h7-13,34-36H,5-6,14-33H2,1-4H3,(H2,48,55)(H,50,56). The third kappa shape index (κ3) is 18.9. The third-order valence-electron chi connectivity index (χ3n) is 10.5. The van der Waals surface area contributed by atoms with Crippen molar-refractivity contribution in [1.82, 2.24) is 19.7 Å². The highest BCUT2D eigenvalue weighted by Crippen LogP contribution is 2.32. The number of carbonyl (C=O) groups is 4. The van der Waals surface area contributed by atoms with Gasteiger partial charge in [0.1, 0.15) is 6.61 Å². The van der Waals surface area contributed by atoms with Crippen molar-refractivity contribution < 1.29 is 57.1 Å². The Morgan fingerprint density at radius 3 is 1.80 bits per heavy atom. The number of nitrogens with one attached hydrogen (secondary N) is 1. The van der Waals surface area contributed by atoms with Gasteiger partial charge in [-0.3, -0.25) is 24.3 Å². The molecule has 364 valence electrons. The van der Waals surface area contributed by atoms with Gasteiger partial charge in [-0.05, 0) is 62.4 Å². The molecule has 0 aliphatic carbocycles. The second-order valence-corrected chi connectivity index (χ2v) is 15.1. The third-order valence-corrected chi connectivity index (χ3v) is 10.5. The summed E-state index contributed by atoms with van der Waals surface area (Å²) in [5.74, 6) is -1.21. The van der Waals surface area contributed by atoms with Crippen LogP contribution in [0.2, 0.25) is 0 Å². The van der Waals surface area contributed by atoms with Gasteiger partial charge in [0.25, 0.3) is 11.8 Å². The van der Waals surface area contributed by atoms with Gasteiger partial charge in [-0.2, -0.15) is 0 Å². The lowest BCUT2D eigenvalue weighted by molar-refractivity contribution is -0.0211. The maximum atomic E-state index is 13.7. The van der Waals surface area contributed by atoms with E-state index in [0.717, 1.165) is 18.8 Å². The van der Waals surface area contributed by atoms with Crippen LogP contribution >= 0.6 is 0 Å². The molecule has 1 saturated heterocycles. The van der Waals surface area contributed by atoms with Gasteiger partial charge in [-0.25, -0.2) is 4.79 Å². The molecule has 2 aromatic carbocycles. The van der Waals surface area contributed by atoms with E-state index in [0.29, 0.717) is 152 Å². The quantitative estimate of drug-likeness (QED) is 0.0860. The number of rotatable bonds is 32. The van der Waals surface area contributed by atoms with Crippen LogP contribution in [0.3, 0.4) is 0 Å². The van der Waals surface area contributed by atoms with Gasteiger partial charge in [0, 0.05) is 101 Å². The fourth-order valence-corrected chi connectivity index (χ4v) is 6.75. The normalized spacial score (nSPS) is 12.8. The lowest BCUT2D eigenvalue weighted by Crippen LogP contribution is -2.50. The molecule has 1 aromatic heterocycles. The van der Waals surface area contributed by atoms with Gasteiger partial charge in [-0.1, -0.05) is 6.07 Å². The van der Waals surface area contributed by atoms with Crippen molar-refractivity contribution in [3.05, 3.63) is 77.5 Å². The van der Waals surface area contributed by atoms with Gasteiger partial charge >= 0.3 is 6.09 Å². The average molecular weight is 924 g/mol. The monoisotopic (exact) mass is 924 g/mol. The molecular weight excluding hydrogens is 855 g/mol. The van der Waals surface area contributed by atoms with E-state index < -0.39 is 11.8 Å². The molecule has 4 amide bonds. The molecule has 1 aliphatic heterocycles. The van der Waals surface area contributed by atoms with Crippen LogP contribution in [0.25, 0.3) is 11.3 Å². The average Bonchev–Trinajstić information content (AvgIpc) is 3.34. The first-order valence-corrected chi connectivity index (χ1v) is 22.6. The SMILES string of the molecule is CCN(CC)c1ccc(NC(=O)c2cccc(C(=O)N(C)CCN3CCN(C(=O)OCCOCCOCCOCCOCCOCCOCCOC)CC3)c2)c(-c2cc(C(N)=O)ccn2)c1. The number of hydrogen-bond acceptors (Lipinski definition) is 15. The van der Waals surface area contributed by atoms with Crippen LogP contribution in [0.4, 0.5) is 16.2 Å². The fraction of sp³-hybridized carbons (Fsp3) is 0.553. The van der Waals surface area contributed by atoms with Crippen molar-refractivity contribution in [2.75, 3.05) is 169 Å². The van der Waals surface area contributed by atoms with Crippen molar-refractivity contribution in [3.8, 4) is 11.3 Å². The molecule has 3 N–H and O–H groups in total. The molecule has 19 nitrogen and oxygen atoms in total. The molecule has 3 aromatic rings. The maximum Gasteiger partial charge on any atom is 0.409 e. The number of methoxy groups -OCH3 is 1. The molecule has 0 spiro atoms. The molecule has 0 bridgehead atoms. The van der Waals surface area contributed by atoms with Gasteiger partial charge in [0.05, 0.1) is 97.3 Å². The van der Waals surface area contributed by atoms with Crippen LogP contribution < -0.4 is 16.0 Å². The van der Waals surface area contributed by atoms with Gasteiger partial charge < -0.3 is 63.6 Å². The predicted octanol–water partition coefficient (Wildman–Crippen LogP) is 3.52. The highest BCUT2D eigenvalue weighted by Gasteiger charge is 2.23. The van der Waals surface area contributed by atoms with Crippen molar-refractivity contribution in [1.29, 1.82) is 0 Å². The Bertz CT molecular complexity index is 1910. The highest BCUT2D eigenvalue weighted by atomic mass is 16.6. The number of aromatic nitrogens is 1.